The van der Waals surface area contributed by atoms with Crippen LogP contribution in [-0.2, 0) is 16.1 Å². The molecule has 1 aliphatic carbocycles. The van der Waals surface area contributed by atoms with Gasteiger partial charge < -0.3 is 20.5 Å². The summed E-state index contributed by atoms with van der Waals surface area (Å²) in [7, 11) is 0. The van der Waals surface area contributed by atoms with E-state index in [0.717, 1.165) is 17.0 Å². The third-order valence-electron chi connectivity index (χ3n) is 5.42. The van der Waals surface area contributed by atoms with Crippen LogP contribution in [0.5, 0.6) is 0 Å². The molecular formula is C24H25N5O3S. The number of aromatic nitrogens is 1. The van der Waals surface area contributed by atoms with Crippen molar-refractivity contribution in [3.05, 3.63) is 58.4 Å². The van der Waals surface area contributed by atoms with E-state index < -0.39 is 0 Å². The van der Waals surface area contributed by atoms with Gasteiger partial charge in [-0.3, -0.25) is 19.4 Å². The van der Waals surface area contributed by atoms with E-state index in [1.165, 1.54) is 6.92 Å². The maximum atomic E-state index is 13.2. The molecule has 0 radical (unpaired) electrons. The Bertz CT molecular complexity index is 1210. The first kappa shape index (κ1) is 22.7. The van der Waals surface area contributed by atoms with E-state index in [1.807, 2.05) is 24.5 Å². The third-order valence-corrected chi connectivity index (χ3v) is 6.03. The van der Waals surface area contributed by atoms with Gasteiger partial charge in [0.25, 0.3) is 0 Å². The molecule has 0 unspecified atom stereocenters. The first-order chi connectivity index (χ1) is 16.0. The minimum absolute atomic E-state index is 0.0306. The summed E-state index contributed by atoms with van der Waals surface area (Å²) in [5, 5.41) is 6.06. The smallest absolute Gasteiger partial charge is 0.224 e. The number of ketones is 1. The van der Waals surface area contributed by atoms with Crippen molar-refractivity contribution < 1.29 is 14.4 Å². The van der Waals surface area contributed by atoms with Crippen LogP contribution >= 0.6 is 11.8 Å². The number of amidine groups is 1. The highest BCUT2D eigenvalue weighted by atomic mass is 32.2. The summed E-state index contributed by atoms with van der Waals surface area (Å²) in [5.74, 6) is 0.863. The maximum absolute atomic E-state index is 13.2. The van der Waals surface area contributed by atoms with Gasteiger partial charge in [-0.1, -0.05) is 11.8 Å². The second kappa shape index (κ2) is 9.96. The molecule has 9 heteroatoms. The predicted molar refractivity (Wildman–Crippen MR) is 130 cm³/mol. The minimum atomic E-state index is -0.195. The second-order valence-corrected chi connectivity index (χ2v) is 8.83. The molecule has 1 aromatic rings. The number of nitrogens with one attached hydrogen (secondary N) is 3. The number of carbonyl (C=O) groups excluding carboxylic acids is 3. The van der Waals surface area contributed by atoms with Crippen LogP contribution in [0.4, 0.5) is 5.69 Å². The molecule has 2 amide bonds. The highest BCUT2D eigenvalue weighted by Gasteiger charge is 2.33. The lowest BCUT2D eigenvalue weighted by molar-refractivity contribution is -0.131. The van der Waals surface area contributed by atoms with E-state index in [9.17, 15) is 14.4 Å². The number of thioether (sulfide) groups is 1. The number of carbonyl (C=O) groups is 3. The molecule has 4 rings (SSSR count). The molecule has 0 aromatic carbocycles. The molecule has 3 heterocycles. The van der Waals surface area contributed by atoms with Crippen molar-refractivity contribution in [2.75, 3.05) is 30.4 Å². The third kappa shape index (κ3) is 5.12. The number of H-pyrrole nitrogens is 1. The lowest BCUT2D eigenvalue weighted by Crippen LogP contribution is -2.39. The molecule has 1 aromatic heterocycles. The van der Waals surface area contributed by atoms with Gasteiger partial charge in [-0.05, 0) is 42.2 Å². The standard InChI is InChI=1S/C24H25N5O3S/c1-15(30)26-20-12-16(8-10-25-20)23-24(27-17-6-4-3-5-7-17)22-18(28-23)13-29(14-19(22)31)21(32)9-11-33-2/h3-4,6,12,27-28H,8-11,13-14H2,1-2H3,(H,25,26,30). The number of nitrogens with zero attached hydrogens (tertiary/aromatic N) is 2. The zero-order valence-corrected chi connectivity index (χ0v) is 19.4. The Morgan fingerprint density at radius 2 is 2.18 bits per heavy atom. The van der Waals surface area contributed by atoms with Gasteiger partial charge in [-0.2, -0.15) is 11.8 Å². The number of rotatable bonds is 6. The Hall–Kier alpha value is -3.51. The van der Waals surface area contributed by atoms with E-state index in [1.54, 1.807) is 22.7 Å². The summed E-state index contributed by atoms with van der Waals surface area (Å²) >= 11 is 1.61. The van der Waals surface area contributed by atoms with Gasteiger partial charge in [0.05, 0.1) is 35.7 Å². The molecule has 3 aliphatic rings. The van der Waals surface area contributed by atoms with E-state index in [-0.39, 0.29) is 24.1 Å². The number of allylic oxidation sites excluding steroid dienone is 3. The summed E-state index contributed by atoms with van der Waals surface area (Å²) in [6, 6.07) is 0. The van der Waals surface area contributed by atoms with Crippen LogP contribution in [0, 0.1) is 0 Å². The SMILES string of the molecule is CSCCC(=O)N1CC(=O)c2c([nH]c(C3=CC(NC(C)=O)=NCC3)c2NC2=C=C=CC=C2)C1. The largest absolute Gasteiger partial charge is 0.355 e. The number of aliphatic imine (C=N–C) groups is 1. The Morgan fingerprint density at radius 1 is 1.33 bits per heavy atom. The van der Waals surface area contributed by atoms with Crippen molar-refractivity contribution in [3.63, 3.8) is 0 Å². The van der Waals surface area contributed by atoms with Gasteiger partial charge in [0, 0.05) is 31.3 Å². The number of hydrogen-bond donors (Lipinski definition) is 3. The summed E-state index contributed by atoms with van der Waals surface area (Å²) in [4.78, 5) is 46.7. The molecule has 0 fully saturated rings. The lowest BCUT2D eigenvalue weighted by atomic mass is 10.00. The quantitative estimate of drug-likeness (QED) is 0.563. The van der Waals surface area contributed by atoms with Crippen LogP contribution in [-0.4, -0.2) is 58.4 Å². The second-order valence-electron chi connectivity index (χ2n) is 7.85. The van der Waals surface area contributed by atoms with Gasteiger partial charge in [-0.15, -0.1) is 0 Å². The lowest BCUT2D eigenvalue weighted by Gasteiger charge is -2.26. The van der Waals surface area contributed by atoms with Crippen LogP contribution in [0.15, 0.2) is 46.5 Å². The van der Waals surface area contributed by atoms with E-state index in [4.69, 9.17) is 0 Å². The van der Waals surface area contributed by atoms with E-state index >= 15 is 0 Å². The zero-order valence-electron chi connectivity index (χ0n) is 18.6. The molecule has 170 valence electrons. The average molecular weight is 464 g/mol. The van der Waals surface area contributed by atoms with Crippen LogP contribution in [0.25, 0.3) is 5.57 Å². The number of fused-ring (bicyclic) bond motifs is 1. The molecule has 2 aliphatic heterocycles. The molecule has 3 N–H and O–H groups in total. The Balaban J connectivity index is 1.74. The Morgan fingerprint density at radius 3 is 2.91 bits per heavy atom. The van der Waals surface area contributed by atoms with Gasteiger partial charge in [-0.25, -0.2) is 0 Å². The van der Waals surface area contributed by atoms with E-state index in [2.05, 4.69) is 32.1 Å². The van der Waals surface area contributed by atoms with Crippen molar-refractivity contribution in [2.45, 2.75) is 26.3 Å². The normalized spacial score (nSPS) is 16.7. The van der Waals surface area contributed by atoms with Crippen LogP contribution in [0.2, 0.25) is 0 Å². The highest BCUT2D eigenvalue weighted by molar-refractivity contribution is 7.98. The topological polar surface area (TPSA) is 107 Å². The number of amides is 2. The van der Waals surface area contributed by atoms with Crippen LogP contribution < -0.4 is 10.6 Å². The van der Waals surface area contributed by atoms with Crippen LogP contribution in [0.3, 0.4) is 0 Å². The number of hydrogen-bond acceptors (Lipinski definition) is 6. The molecule has 0 saturated carbocycles. The summed E-state index contributed by atoms with van der Waals surface area (Å²) in [6.45, 7) is 2.35. The number of Topliss-reactive ketones (excluding diaryl/α,β-unsaturated/α-hetero) is 1. The molecule has 0 bridgehead atoms. The molecule has 8 nitrogen and oxygen atoms in total. The van der Waals surface area contributed by atoms with Crippen molar-refractivity contribution >= 4 is 46.5 Å². The first-order valence-electron chi connectivity index (χ1n) is 10.7. The molecule has 0 saturated heterocycles. The molecular weight excluding hydrogens is 438 g/mol. The molecule has 0 spiro atoms. The predicted octanol–water partition coefficient (Wildman–Crippen LogP) is 2.79. The average Bonchev–Trinajstić information content (AvgIpc) is 3.16. The summed E-state index contributed by atoms with van der Waals surface area (Å²) < 4.78 is 0. The molecule has 0 atom stereocenters. The number of dihydropyridines is 1. The summed E-state index contributed by atoms with van der Waals surface area (Å²) in [5.41, 5.74) is 10.2. The number of anilines is 1. The van der Waals surface area contributed by atoms with Crippen molar-refractivity contribution in [3.8, 4) is 0 Å². The van der Waals surface area contributed by atoms with E-state index in [0.29, 0.717) is 54.4 Å². The fraction of sp³-hybridized carbons (Fsp3) is 0.333. The zero-order chi connectivity index (χ0) is 23.4. The Labute approximate surface area is 196 Å². The fourth-order valence-electron chi connectivity index (χ4n) is 3.96. The highest BCUT2D eigenvalue weighted by Crippen LogP contribution is 2.36. The van der Waals surface area contributed by atoms with Gasteiger partial charge in [0.15, 0.2) is 5.78 Å². The van der Waals surface area contributed by atoms with Crippen molar-refractivity contribution in [2.24, 2.45) is 4.99 Å². The van der Waals surface area contributed by atoms with Crippen molar-refractivity contribution in [1.29, 1.82) is 0 Å². The Kier molecular flexibility index (Phi) is 6.84. The molecule has 33 heavy (non-hydrogen) atoms. The number of aromatic amines is 1. The van der Waals surface area contributed by atoms with Gasteiger partial charge in [0.2, 0.25) is 11.8 Å². The first-order valence-corrected chi connectivity index (χ1v) is 12.1. The van der Waals surface area contributed by atoms with Crippen molar-refractivity contribution in [1.82, 2.24) is 15.2 Å². The fourth-order valence-corrected chi connectivity index (χ4v) is 4.34. The summed E-state index contributed by atoms with van der Waals surface area (Å²) in [6.07, 6.45) is 10.3. The van der Waals surface area contributed by atoms with Gasteiger partial charge >= 0.3 is 0 Å². The maximum Gasteiger partial charge on any atom is 0.224 e. The minimum Gasteiger partial charge on any atom is -0.355 e. The van der Waals surface area contributed by atoms with Gasteiger partial charge in [0.1, 0.15) is 5.84 Å². The van der Waals surface area contributed by atoms with Crippen LogP contribution in [0.1, 0.15) is 41.5 Å². The monoisotopic (exact) mass is 463 g/mol.